The molecule has 0 aliphatic heterocycles. The molecule has 2 N–H and O–H groups in total. The highest BCUT2D eigenvalue weighted by Crippen LogP contribution is 2.16. The minimum atomic E-state index is -0.852. The zero-order valence-electron chi connectivity index (χ0n) is 14.7. The summed E-state index contributed by atoms with van der Waals surface area (Å²) in [5, 5.41) is 5.17. The molecule has 0 aromatic heterocycles. The smallest absolute Gasteiger partial charge is 0.238 e. The number of likely N-dealkylation sites (N-methyl/N-ethyl adjacent to an activating group) is 1. The van der Waals surface area contributed by atoms with Gasteiger partial charge >= 0.3 is 0 Å². The first-order valence-electron chi connectivity index (χ1n) is 8.20. The Labute approximate surface area is 151 Å². The fraction of sp³-hybridized carbons (Fsp3) is 0.263. The van der Waals surface area contributed by atoms with Crippen molar-refractivity contribution in [2.24, 2.45) is 0 Å². The lowest BCUT2D eigenvalue weighted by Gasteiger charge is -2.17. The Morgan fingerprint density at radius 3 is 2.19 bits per heavy atom. The van der Waals surface area contributed by atoms with Gasteiger partial charge in [-0.3, -0.25) is 14.5 Å². The van der Waals surface area contributed by atoms with Gasteiger partial charge in [0.05, 0.1) is 18.8 Å². The van der Waals surface area contributed by atoms with Gasteiger partial charge in [-0.05, 0) is 37.2 Å². The minimum absolute atomic E-state index is 0.00261. The van der Waals surface area contributed by atoms with Crippen molar-refractivity contribution >= 4 is 23.2 Å². The van der Waals surface area contributed by atoms with Crippen LogP contribution < -0.4 is 10.6 Å². The summed E-state index contributed by atoms with van der Waals surface area (Å²) >= 11 is 0. The summed E-state index contributed by atoms with van der Waals surface area (Å²) in [5.41, 5.74) is 1.66. The summed E-state index contributed by atoms with van der Waals surface area (Å²) in [7, 11) is 1.60. The van der Waals surface area contributed by atoms with Gasteiger partial charge in [-0.2, -0.15) is 0 Å². The molecule has 0 aliphatic rings. The molecule has 2 aromatic carbocycles. The molecule has 0 bridgehead atoms. The van der Waals surface area contributed by atoms with Gasteiger partial charge in [0.2, 0.25) is 11.8 Å². The molecule has 0 radical (unpaired) electrons. The number of hydrogen-bond acceptors (Lipinski definition) is 3. The number of benzene rings is 2. The molecular formula is C19H21F2N3O2. The van der Waals surface area contributed by atoms with Gasteiger partial charge in [0.15, 0.2) is 0 Å². The molecule has 0 fully saturated rings. The highest BCUT2D eigenvalue weighted by molar-refractivity contribution is 5.95. The van der Waals surface area contributed by atoms with E-state index in [1.807, 2.05) is 31.2 Å². The quantitative estimate of drug-likeness (QED) is 0.797. The third kappa shape index (κ3) is 5.63. The van der Waals surface area contributed by atoms with E-state index in [0.29, 0.717) is 6.07 Å². The second-order valence-corrected chi connectivity index (χ2v) is 5.90. The molecule has 0 heterocycles. The summed E-state index contributed by atoms with van der Waals surface area (Å²) in [5.74, 6) is -2.33. The first kappa shape index (κ1) is 19.5. The molecule has 2 rings (SSSR count). The topological polar surface area (TPSA) is 61.4 Å². The van der Waals surface area contributed by atoms with Crippen LogP contribution in [-0.4, -0.2) is 36.9 Å². The molecule has 0 aliphatic carbocycles. The number of carbonyl (C=O) groups excluding carboxylic acids is 2. The van der Waals surface area contributed by atoms with Crippen molar-refractivity contribution in [2.75, 3.05) is 30.8 Å². The van der Waals surface area contributed by atoms with Crippen molar-refractivity contribution < 1.29 is 18.4 Å². The van der Waals surface area contributed by atoms with Gasteiger partial charge in [0.1, 0.15) is 11.6 Å². The third-order valence-electron chi connectivity index (χ3n) is 3.70. The molecule has 0 spiro atoms. The standard InChI is InChI=1S/C19H21F2N3O2/c1-3-13-6-4-5-7-16(13)22-18(25)11-24(2)12-19(26)23-17-9-8-14(20)10-15(17)21/h4-10H,3,11-12H2,1-2H3,(H,22,25)(H,23,26). The largest absolute Gasteiger partial charge is 0.325 e. The van der Waals surface area contributed by atoms with Gasteiger partial charge in [0.25, 0.3) is 0 Å². The molecule has 0 unspecified atom stereocenters. The fourth-order valence-corrected chi connectivity index (χ4v) is 2.47. The molecule has 2 amide bonds. The monoisotopic (exact) mass is 361 g/mol. The number of nitrogens with one attached hydrogen (secondary N) is 2. The van der Waals surface area contributed by atoms with Gasteiger partial charge < -0.3 is 10.6 Å². The SMILES string of the molecule is CCc1ccccc1NC(=O)CN(C)CC(=O)Nc1ccc(F)cc1F. The summed E-state index contributed by atoms with van der Waals surface area (Å²) < 4.78 is 26.4. The lowest BCUT2D eigenvalue weighted by molar-refractivity contribution is -0.119. The van der Waals surface area contributed by atoms with E-state index in [0.717, 1.165) is 29.8 Å². The van der Waals surface area contributed by atoms with E-state index < -0.39 is 17.5 Å². The molecule has 26 heavy (non-hydrogen) atoms. The highest BCUT2D eigenvalue weighted by Gasteiger charge is 2.13. The predicted molar refractivity (Wildman–Crippen MR) is 96.9 cm³/mol. The average molecular weight is 361 g/mol. The molecule has 7 heteroatoms. The molecule has 138 valence electrons. The maximum absolute atomic E-state index is 13.5. The number of rotatable bonds is 7. The first-order valence-corrected chi connectivity index (χ1v) is 8.20. The summed E-state index contributed by atoms with van der Waals surface area (Å²) in [6.45, 7) is 1.88. The highest BCUT2D eigenvalue weighted by atomic mass is 19.1. The Balaban J connectivity index is 1.86. The van der Waals surface area contributed by atoms with Crippen LogP contribution in [-0.2, 0) is 16.0 Å². The van der Waals surface area contributed by atoms with Crippen LogP contribution in [0.15, 0.2) is 42.5 Å². The van der Waals surface area contributed by atoms with Crippen molar-refractivity contribution in [2.45, 2.75) is 13.3 Å². The lowest BCUT2D eigenvalue weighted by atomic mass is 10.1. The second kappa shape index (κ2) is 9.05. The van der Waals surface area contributed by atoms with Crippen molar-refractivity contribution in [1.82, 2.24) is 4.90 Å². The zero-order chi connectivity index (χ0) is 19.1. The molecule has 0 saturated carbocycles. The predicted octanol–water partition coefficient (Wildman–Crippen LogP) is 3.04. The van der Waals surface area contributed by atoms with E-state index in [4.69, 9.17) is 0 Å². The summed E-state index contributed by atoms with van der Waals surface area (Å²) in [6, 6.07) is 10.4. The van der Waals surface area contributed by atoms with Gasteiger partial charge in [-0.1, -0.05) is 25.1 Å². The number of aryl methyl sites for hydroxylation is 1. The van der Waals surface area contributed by atoms with Crippen LogP contribution in [0.2, 0.25) is 0 Å². The molecule has 0 atom stereocenters. The van der Waals surface area contributed by atoms with Crippen molar-refractivity contribution in [3.63, 3.8) is 0 Å². The van der Waals surface area contributed by atoms with Crippen LogP contribution in [0.4, 0.5) is 20.2 Å². The summed E-state index contributed by atoms with van der Waals surface area (Å²) in [4.78, 5) is 25.6. The van der Waals surface area contributed by atoms with E-state index in [1.165, 1.54) is 4.90 Å². The maximum Gasteiger partial charge on any atom is 0.238 e. The number of anilines is 2. The van der Waals surface area contributed by atoms with E-state index in [2.05, 4.69) is 10.6 Å². The van der Waals surface area contributed by atoms with Gasteiger partial charge in [-0.25, -0.2) is 8.78 Å². The number of halogens is 2. The van der Waals surface area contributed by atoms with E-state index in [-0.39, 0.29) is 24.7 Å². The van der Waals surface area contributed by atoms with Crippen LogP contribution in [0, 0.1) is 11.6 Å². The minimum Gasteiger partial charge on any atom is -0.325 e. The molecule has 0 saturated heterocycles. The number of hydrogen-bond donors (Lipinski definition) is 2. The Morgan fingerprint density at radius 2 is 1.58 bits per heavy atom. The number of nitrogens with zero attached hydrogens (tertiary/aromatic N) is 1. The van der Waals surface area contributed by atoms with E-state index >= 15 is 0 Å². The second-order valence-electron chi connectivity index (χ2n) is 5.90. The molecular weight excluding hydrogens is 340 g/mol. The Morgan fingerprint density at radius 1 is 0.962 bits per heavy atom. The van der Waals surface area contributed by atoms with Crippen molar-refractivity contribution in [3.05, 3.63) is 59.7 Å². The van der Waals surface area contributed by atoms with Crippen LogP contribution in [0.25, 0.3) is 0 Å². The first-order chi connectivity index (χ1) is 12.4. The third-order valence-corrected chi connectivity index (χ3v) is 3.70. The maximum atomic E-state index is 13.5. The average Bonchev–Trinajstić information content (AvgIpc) is 2.57. The van der Waals surface area contributed by atoms with Crippen LogP contribution in [0.3, 0.4) is 0 Å². The van der Waals surface area contributed by atoms with Gasteiger partial charge in [-0.15, -0.1) is 0 Å². The van der Waals surface area contributed by atoms with Crippen LogP contribution >= 0.6 is 0 Å². The van der Waals surface area contributed by atoms with Gasteiger partial charge in [0, 0.05) is 11.8 Å². The Kier molecular flexibility index (Phi) is 6.80. The van der Waals surface area contributed by atoms with E-state index in [1.54, 1.807) is 7.05 Å². The Hall–Kier alpha value is -2.80. The normalized spacial score (nSPS) is 10.7. The molecule has 2 aromatic rings. The van der Waals surface area contributed by atoms with Crippen LogP contribution in [0.1, 0.15) is 12.5 Å². The van der Waals surface area contributed by atoms with Crippen LogP contribution in [0.5, 0.6) is 0 Å². The fourth-order valence-electron chi connectivity index (χ4n) is 2.47. The number of amides is 2. The molecule has 5 nitrogen and oxygen atoms in total. The van der Waals surface area contributed by atoms with E-state index in [9.17, 15) is 18.4 Å². The van der Waals surface area contributed by atoms with Crippen molar-refractivity contribution in [3.8, 4) is 0 Å². The number of para-hydroxylation sites is 1. The lowest BCUT2D eigenvalue weighted by Crippen LogP contribution is -2.36. The zero-order valence-corrected chi connectivity index (χ0v) is 14.7. The van der Waals surface area contributed by atoms with Crippen molar-refractivity contribution in [1.29, 1.82) is 0 Å². The Bertz CT molecular complexity index is 796. The summed E-state index contributed by atoms with van der Waals surface area (Å²) in [6.07, 6.45) is 0.790. The number of carbonyl (C=O) groups is 2.